The highest BCUT2D eigenvalue weighted by molar-refractivity contribution is 5.85. The van der Waals surface area contributed by atoms with Crippen LogP contribution in [0.15, 0.2) is 54.6 Å². The standard InChI is InChI=1S/C28H23F3N4/c1-3-25-34-26-24(28(29,30)31)14-17(2)33-27(26)35(25)16-18-8-11-22-20(15-18)10-9-19-6-4-5-7-21(19)23(22)12-13-32/h4-8,11-12,14-15H,3,9-10,16H2,1-2H3. The van der Waals surface area contributed by atoms with Gasteiger partial charge in [-0.15, -0.1) is 0 Å². The maximum atomic E-state index is 13.7. The molecule has 0 amide bonds. The molecule has 5 rings (SSSR count). The van der Waals surface area contributed by atoms with Gasteiger partial charge in [-0.1, -0.05) is 49.4 Å². The van der Waals surface area contributed by atoms with E-state index in [2.05, 4.69) is 28.2 Å². The second-order valence-corrected chi connectivity index (χ2v) is 8.78. The average Bonchev–Trinajstić information content (AvgIpc) is 3.09. The van der Waals surface area contributed by atoms with Crippen molar-refractivity contribution in [3.05, 3.63) is 99.5 Å². The Labute approximate surface area is 201 Å². The molecule has 4 nitrogen and oxygen atoms in total. The number of rotatable bonds is 3. The Balaban J connectivity index is 1.60. The Kier molecular flexibility index (Phi) is 5.68. The molecule has 2 heterocycles. The van der Waals surface area contributed by atoms with Gasteiger partial charge in [0.2, 0.25) is 0 Å². The number of nitrogens with zero attached hydrogens (tertiary/aromatic N) is 4. The molecule has 0 fully saturated rings. The zero-order valence-corrected chi connectivity index (χ0v) is 19.4. The summed E-state index contributed by atoms with van der Waals surface area (Å²) in [5.41, 5.74) is 5.94. The van der Waals surface area contributed by atoms with E-state index >= 15 is 0 Å². The van der Waals surface area contributed by atoms with E-state index in [4.69, 9.17) is 0 Å². The summed E-state index contributed by atoms with van der Waals surface area (Å²) in [6, 6.07) is 17.4. The Morgan fingerprint density at radius 2 is 1.77 bits per heavy atom. The topological polar surface area (TPSA) is 54.5 Å². The van der Waals surface area contributed by atoms with Gasteiger partial charge in [0.15, 0.2) is 5.65 Å². The number of pyridine rings is 1. The van der Waals surface area contributed by atoms with Gasteiger partial charge in [-0.3, -0.25) is 0 Å². The number of benzene rings is 2. The fraction of sp³-hybridized carbons (Fsp3) is 0.250. The number of hydrogen-bond donors (Lipinski definition) is 0. The van der Waals surface area contributed by atoms with Crippen molar-refractivity contribution in [2.45, 2.75) is 45.8 Å². The van der Waals surface area contributed by atoms with Crippen LogP contribution < -0.4 is 0 Å². The van der Waals surface area contributed by atoms with Crippen LogP contribution in [0, 0.1) is 18.3 Å². The Bertz CT molecular complexity index is 1520. The highest BCUT2D eigenvalue weighted by atomic mass is 19.4. The van der Waals surface area contributed by atoms with E-state index < -0.39 is 11.7 Å². The second-order valence-electron chi connectivity index (χ2n) is 8.78. The maximum Gasteiger partial charge on any atom is 0.418 e. The summed E-state index contributed by atoms with van der Waals surface area (Å²) < 4.78 is 42.9. The van der Waals surface area contributed by atoms with Gasteiger partial charge >= 0.3 is 6.18 Å². The van der Waals surface area contributed by atoms with Crippen LogP contribution >= 0.6 is 0 Å². The molecule has 0 saturated heterocycles. The Morgan fingerprint density at radius 3 is 2.51 bits per heavy atom. The summed E-state index contributed by atoms with van der Waals surface area (Å²) in [4.78, 5) is 8.77. The van der Waals surface area contributed by atoms with Crippen LogP contribution in [0.25, 0.3) is 16.7 Å². The molecule has 0 aliphatic heterocycles. The number of aromatic nitrogens is 3. The van der Waals surface area contributed by atoms with Gasteiger partial charge in [0.25, 0.3) is 0 Å². The van der Waals surface area contributed by atoms with E-state index in [1.807, 2.05) is 37.3 Å². The average molecular weight is 473 g/mol. The van der Waals surface area contributed by atoms with Gasteiger partial charge in [-0.2, -0.15) is 18.4 Å². The molecule has 7 heteroatoms. The molecule has 0 spiro atoms. The van der Waals surface area contributed by atoms with Crippen molar-refractivity contribution in [2.75, 3.05) is 0 Å². The predicted molar refractivity (Wildman–Crippen MR) is 129 cm³/mol. The molecule has 1 aliphatic rings. The fourth-order valence-corrected chi connectivity index (χ4v) is 4.95. The van der Waals surface area contributed by atoms with Crippen LogP contribution in [-0.2, 0) is 32.0 Å². The lowest BCUT2D eigenvalue weighted by molar-refractivity contribution is -0.136. The minimum absolute atomic E-state index is 0.107. The summed E-state index contributed by atoms with van der Waals surface area (Å²) in [6.45, 7) is 3.82. The molecule has 4 aromatic rings. The van der Waals surface area contributed by atoms with E-state index in [-0.39, 0.29) is 11.2 Å². The molecule has 0 atom stereocenters. The zero-order chi connectivity index (χ0) is 24.7. The summed E-state index contributed by atoms with van der Waals surface area (Å²) in [5, 5.41) is 9.42. The largest absolute Gasteiger partial charge is 0.418 e. The van der Waals surface area contributed by atoms with Crippen LogP contribution in [0.3, 0.4) is 0 Å². The lowest BCUT2D eigenvalue weighted by Crippen LogP contribution is -2.09. The van der Waals surface area contributed by atoms with Crippen LogP contribution in [0.1, 0.15) is 51.8 Å². The van der Waals surface area contributed by atoms with Crippen molar-refractivity contribution in [3.63, 3.8) is 0 Å². The number of nitriles is 1. The molecule has 0 bridgehead atoms. The normalized spacial score (nSPS) is 14.5. The van der Waals surface area contributed by atoms with Gasteiger partial charge in [0, 0.05) is 18.2 Å². The number of aryl methyl sites for hydroxylation is 4. The summed E-state index contributed by atoms with van der Waals surface area (Å²) >= 11 is 0. The molecule has 2 aromatic carbocycles. The molecule has 176 valence electrons. The highest BCUT2D eigenvalue weighted by Gasteiger charge is 2.35. The van der Waals surface area contributed by atoms with Crippen LogP contribution in [0.2, 0.25) is 0 Å². The third kappa shape index (κ3) is 4.10. The number of allylic oxidation sites excluding steroid dienone is 1. The third-order valence-corrected chi connectivity index (χ3v) is 6.51. The summed E-state index contributed by atoms with van der Waals surface area (Å²) in [5.74, 6) is 0.566. The Morgan fingerprint density at radius 1 is 1.03 bits per heavy atom. The first kappa shape index (κ1) is 22.9. The van der Waals surface area contributed by atoms with Gasteiger partial charge in [0.05, 0.1) is 18.2 Å². The van der Waals surface area contributed by atoms with Crippen molar-refractivity contribution in [1.29, 1.82) is 5.26 Å². The number of imidazole rings is 1. The molecule has 0 N–H and O–H groups in total. The van der Waals surface area contributed by atoms with E-state index in [9.17, 15) is 18.4 Å². The SMILES string of the molecule is CCc1nc2c(C(F)(F)F)cc(C)nc2n1Cc1ccc2c(c1)CCc1ccccc1C2=CC#N. The van der Waals surface area contributed by atoms with Crippen molar-refractivity contribution >= 4 is 16.7 Å². The number of hydrogen-bond acceptors (Lipinski definition) is 3. The Hall–Kier alpha value is -3.92. The number of halogens is 3. The predicted octanol–water partition coefficient (Wildman–Crippen LogP) is 6.42. The van der Waals surface area contributed by atoms with E-state index in [0.717, 1.165) is 46.7 Å². The molecule has 0 saturated carbocycles. The van der Waals surface area contributed by atoms with E-state index in [1.54, 1.807) is 17.6 Å². The second kappa shape index (κ2) is 8.70. The van der Waals surface area contributed by atoms with Crippen molar-refractivity contribution in [3.8, 4) is 6.07 Å². The lowest BCUT2D eigenvalue weighted by atomic mass is 9.93. The minimum atomic E-state index is -4.50. The van der Waals surface area contributed by atoms with Gasteiger partial charge in [-0.25, -0.2) is 9.97 Å². The smallest absolute Gasteiger partial charge is 0.308 e. The lowest BCUT2D eigenvalue weighted by Gasteiger charge is -2.14. The molecular weight excluding hydrogens is 449 g/mol. The van der Waals surface area contributed by atoms with Gasteiger partial charge in [-0.05, 0) is 59.2 Å². The first-order valence-electron chi connectivity index (χ1n) is 11.5. The highest BCUT2D eigenvalue weighted by Crippen LogP contribution is 2.36. The summed E-state index contributed by atoms with van der Waals surface area (Å²) in [6.07, 6.45) is -0.767. The molecule has 2 aromatic heterocycles. The van der Waals surface area contributed by atoms with E-state index in [1.165, 1.54) is 5.56 Å². The minimum Gasteiger partial charge on any atom is -0.308 e. The molecular formula is C28H23F3N4. The number of fused-ring (bicyclic) bond motifs is 3. The van der Waals surface area contributed by atoms with Crippen LogP contribution in [-0.4, -0.2) is 14.5 Å². The molecule has 0 radical (unpaired) electrons. The van der Waals surface area contributed by atoms with Crippen molar-refractivity contribution < 1.29 is 13.2 Å². The molecule has 35 heavy (non-hydrogen) atoms. The zero-order valence-electron chi connectivity index (χ0n) is 19.4. The maximum absolute atomic E-state index is 13.7. The summed E-state index contributed by atoms with van der Waals surface area (Å²) in [7, 11) is 0. The van der Waals surface area contributed by atoms with Gasteiger partial charge < -0.3 is 4.57 Å². The molecule has 1 aliphatic carbocycles. The third-order valence-electron chi connectivity index (χ3n) is 6.51. The first-order chi connectivity index (χ1) is 16.8. The van der Waals surface area contributed by atoms with Crippen LogP contribution in [0.4, 0.5) is 13.2 Å². The van der Waals surface area contributed by atoms with Crippen LogP contribution in [0.5, 0.6) is 0 Å². The van der Waals surface area contributed by atoms with Crippen molar-refractivity contribution in [1.82, 2.24) is 14.5 Å². The quantitative estimate of drug-likeness (QED) is 0.323. The van der Waals surface area contributed by atoms with Gasteiger partial charge in [0.1, 0.15) is 11.3 Å². The van der Waals surface area contributed by atoms with Crippen molar-refractivity contribution in [2.24, 2.45) is 0 Å². The molecule has 0 unspecified atom stereocenters. The fourth-order valence-electron chi connectivity index (χ4n) is 4.95. The first-order valence-corrected chi connectivity index (χ1v) is 11.5. The van der Waals surface area contributed by atoms with E-state index in [0.29, 0.717) is 24.5 Å². The monoisotopic (exact) mass is 472 g/mol. The number of alkyl halides is 3.